The zero-order chi connectivity index (χ0) is 19.5. The van der Waals surface area contributed by atoms with E-state index >= 15 is 0 Å². The average molecular weight is 377 g/mol. The van der Waals surface area contributed by atoms with Gasteiger partial charge in [0.15, 0.2) is 0 Å². The molecule has 1 fully saturated rings. The maximum absolute atomic E-state index is 12.9. The normalized spacial score (nSPS) is 16.9. The van der Waals surface area contributed by atoms with Crippen LogP contribution in [-0.2, 0) is 4.74 Å². The molecule has 0 spiro atoms. The highest BCUT2D eigenvalue weighted by atomic mass is 16.5. The molecular formula is C22H23N3O3. The number of amides is 1. The van der Waals surface area contributed by atoms with E-state index in [2.05, 4.69) is 10.2 Å². The van der Waals surface area contributed by atoms with Crippen LogP contribution in [0, 0.1) is 0 Å². The highest BCUT2D eigenvalue weighted by Gasteiger charge is 2.24. The minimum Gasteiger partial charge on any atom is -0.380 e. The first kappa shape index (κ1) is 18.3. The molecular weight excluding hydrogens is 354 g/mol. The zero-order valence-electron chi connectivity index (χ0n) is 15.8. The van der Waals surface area contributed by atoms with Crippen molar-refractivity contribution in [1.82, 2.24) is 15.1 Å². The predicted molar refractivity (Wildman–Crippen MR) is 108 cm³/mol. The molecule has 2 N–H and O–H groups in total. The molecule has 1 amide bonds. The summed E-state index contributed by atoms with van der Waals surface area (Å²) in [5.74, 6) is 0.0464. The van der Waals surface area contributed by atoms with Crippen molar-refractivity contribution in [2.75, 3.05) is 20.2 Å². The number of nitrogens with zero attached hydrogens (tertiary/aromatic N) is 1. The SMILES string of the molecule is CO[C@H]1CCCN(C(=O)c2cccc(-c3ccc(-c4cc(=O)[nH][nH]4)cc3)c2)C1. The molecule has 6 heteroatoms. The van der Waals surface area contributed by atoms with E-state index in [1.165, 1.54) is 6.07 Å². The highest BCUT2D eigenvalue weighted by molar-refractivity contribution is 5.95. The quantitative estimate of drug-likeness (QED) is 0.732. The van der Waals surface area contributed by atoms with E-state index in [-0.39, 0.29) is 17.6 Å². The third-order valence-electron chi connectivity index (χ3n) is 5.23. The molecule has 0 unspecified atom stereocenters. The van der Waals surface area contributed by atoms with E-state index in [1.54, 1.807) is 7.11 Å². The van der Waals surface area contributed by atoms with Crippen molar-refractivity contribution in [2.24, 2.45) is 0 Å². The fraction of sp³-hybridized carbons (Fsp3) is 0.273. The molecule has 1 aromatic heterocycles. The Bertz CT molecular complexity index is 1020. The Morgan fingerprint density at radius 2 is 1.82 bits per heavy atom. The van der Waals surface area contributed by atoms with Crippen molar-refractivity contribution in [1.29, 1.82) is 0 Å². The van der Waals surface area contributed by atoms with Gasteiger partial charge in [0.2, 0.25) is 0 Å². The van der Waals surface area contributed by atoms with E-state index < -0.39 is 0 Å². The van der Waals surface area contributed by atoms with E-state index in [9.17, 15) is 9.59 Å². The van der Waals surface area contributed by atoms with Crippen LogP contribution in [0.5, 0.6) is 0 Å². The number of benzene rings is 2. The molecule has 28 heavy (non-hydrogen) atoms. The van der Waals surface area contributed by atoms with Crippen LogP contribution < -0.4 is 5.56 Å². The number of H-pyrrole nitrogens is 2. The third kappa shape index (κ3) is 3.77. The van der Waals surface area contributed by atoms with E-state index in [4.69, 9.17) is 4.74 Å². The number of carbonyl (C=O) groups excluding carboxylic acids is 1. The van der Waals surface area contributed by atoms with Crippen molar-refractivity contribution in [3.05, 3.63) is 70.5 Å². The highest BCUT2D eigenvalue weighted by Crippen LogP contribution is 2.25. The number of methoxy groups -OCH3 is 1. The van der Waals surface area contributed by atoms with Crippen molar-refractivity contribution in [2.45, 2.75) is 18.9 Å². The molecule has 2 aromatic carbocycles. The number of carbonyl (C=O) groups is 1. The molecule has 0 saturated carbocycles. The lowest BCUT2D eigenvalue weighted by atomic mass is 10.00. The fourth-order valence-corrected chi connectivity index (χ4v) is 3.66. The van der Waals surface area contributed by atoms with Crippen LogP contribution in [0.2, 0.25) is 0 Å². The summed E-state index contributed by atoms with van der Waals surface area (Å²) in [7, 11) is 1.70. The van der Waals surface area contributed by atoms with Gasteiger partial charge in [-0.25, -0.2) is 0 Å². The van der Waals surface area contributed by atoms with Gasteiger partial charge in [0.1, 0.15) is 0 Å². The lowest BCUT2D eigenvalue weighted by Crippen LogP contribution is -2.42. The van der Waals surface area contributed by atoms with Crippen LogP contribution >= 0.6 is 0 Å². The number of aromatic nitrogens is 2. The van der Waals surface area contributed by atoms with Crippen LogP contribution in [0.4, 0.5) is 0 Å². The van der Waals surface area contributed by atoms with Gasteiger partial charge in [-0.1, -0.05) is 36.4 Å². The lowest BCUT2D eigenvalue weighted by Gasteiger charge is -2.32. The number of nitrogens with one attached hydrogen (secondary N) is 2. The Kier molecular flexibility index (Phi) is 5.12. The molecule has 4 rings (SSSR count). The van der Waals surface area contributed by atoms with E-state index in [1.807, 2.05) is 53.4 Å². The topological polar surface area (TPSA) is 78.2 Å². The Morgan fingerprint density at radius 1 is 1.04 bits per heavy atom. The average Bonchev–Trinajstić information content (AvgIpc) is 3.20. The van der Waals surface area contributed by atoms with Crippen molar-refractivity contribution in [3.63, 3.8) is 0 Å². The monoisotopic (exact) mass is 377 g/mol. The second-order valence-electron chi connectivity index (χ2n) is 7.08. The molecule has 0 aliphatic carbocycles. The molecule has 3 aromatic rings. The second kappa shape index (κ2) is 7.86. The van der Waals surface area contributed by atoms with Gasteiger partial charge in [-0.05, 0) is 41.7 Å². The van der Waals surface area contributed by atoms with Gasteiger partial charge in [0, 0.05) is 31.8 Å². The van der Waals surface area contributed by atoms with Gasteiger partial charge >= 0.3 is 0 Å². The van der Waals surface area contributed by atoms with Crippen molar-refractivity contribution in [3.8, 4) is 22.4 Å². The van der Waals surface area contributed by atoms with Crippen LogP contribution in [0.15, 0.2) is 59.4 Å². The number of rotatable bonds is 4. The maximum atomic E-state index is 12.9. The summed E-state index contributed by atoms with van der Waals surface area (Å²) >= 11 is 0. The summed E-state index contributed by atoms with van der Waals surface area (Å²) in [5.41, 5.74) is 4.21. The molecule has 6 nitrogen and oxygen atoms in total. The maximum Gasteiger partial charge on any atom is 0.264 e. The largest absolute Gasteiger partial charge is 0.380 e. The summed E-state index contributed by atoms with van der Waals surface area (Å²) in [4.78, 5) is 26.1. The van der Waals surface area contributed by atoms with Gasteiger partial charge in [-0.2, -0.15) is 0 Å². The Labute approximate surface area is 163 Å². The van der Waals surface area contributed by atoms with Crippen LogP contribution in [0.1, 0.15) is 23.2 Å². The number of hydrogen-bond acceptors (Lipinski definition) is 3. The predicted octanol–water partition coefficient (Wildman–Crippen LogP) is 3.29. The number of ether oxygens (including phenoxy) is 1. The Balaban J connectivity index is 1.55. The van der Waals surface area contributed by atoms with Crippen molar-refractivity contribution < 1.29 is 9.53 Å². The first-order chi connectivity index (χ1) is 13.6. The van der Waals surface area contributed by atoms with Gasteiger partial charge in [-0.3, -0.25) is 19.8 Å². The van der Waals surface area contributed by atoms with Crippen molar-refractivity contribution >= 4 is 5.91 Å². The zero-order valence-corrected chi connectivity index (χ0v) is 15.8. The fourth-order valence-electron chi connectivity index (χ4n) is 3.66. The van der Waals surface area contributed by atoms with Crippen LogP contribution in [0.25, 0.3) is 22.4 Å². The molecule has 1 atom stereocenters. The standard InChI is InChI=1S/C22H23N3O3/c1-28-19-6-3-11-25(14-19)22(27)18-5-2-4-17(12-18)15-7-9-16(10-8-15)20-13-21(26)24-23-20/h2,4-5,7-10,12-13,19H,3,6,11,14H2,1H3,(H2,23,24,26)/t19-/m0/s1. The van der Waals surface area contributed by atoms with Gasteiger partial charge in [-0.15, -0.1) is 0 Å². The van der Waals surface area contributed by atoms with Gasteiger partial charge in [0.05, 0.1) is 11.8 Å². The second-order valence-corrected chi connectivity index (χ2v) is 7.08. The van der Waals surface area contributed by atoms with Gasteiger partial charge in [0.25, 0.3) is 11.5 Å². The Morgan fingerprint density at radius 3 is 2.54 bits per heavy atom. The lowest BCUT2D eigenvalue weighted by molar-refractivity contribution is 0.0269. The number of hydrogen-bond donors (Lipinski definition) is 2. The van der Waals surface area contributed by atoms with Crippen LogP contribution in [0.3, 0.4) is 0 Å². The molecule has 0 bridgehead atoms. The summed E-state index contributed by atoms with van der Waals surface area (Å²) < 4.78 is 5.43. The van der Waals surface area contributed by atoms with Gasteiger partial charge < -0.3 is 9.64 Å². The number of piperidine rings is 1. The van der Waals surface area contributed by atoms with E-state index in [0.717, 1.165) is 41.8 Å². The summed E-state index contributed by atoms with van der Waals surface area (Å²) in [6.45, 7) is 1.41. The summed E-state index contributed by atoms with van der Waals surface area (Å²) in [6, 6.07) is 17.1. The molecule has 1 saturated heterocycles. The molecule has 1 aliphatic rings. The number of aromatic amines is 2. The minimum absolute atomic E-state index is 0.0464. The Hall–Kier alpha value is -3.12. The van der Waals surface area contributed by atoms with E-state index in [0.29, 0.717) is 12.1 Å². The molecule has 1 aliphatic heterocycles. The van der Waals surface area contributed by atoms with Crippen LogP contribution in [-0.4, -0.2) is 47.3 Å². The first-order valence-corrected chi connectivity index (χ1v) is 9.44. The summed E-state index contributed by atoms with van der Waals surface area (Å²) in [6.07, 6.45) is 2.08. The summed E-state index contributed by atoms with van der Waals surface area (Å²) in [5, 5.41) is 5.39. The minimum atomic E-state index is -0.154. The third-order valence-corrected chi connectivity index (χ3v) is 5.23. The number of likely N-dealkylation sites (tertiary alicyclic amines) is 1. The molecule has 144 valence electrons. The first-order valence-electron chi connectivity index (χ1n) is 9.44. The molecule has 0 radical (unpaired) electrons. The molecule has 2 heterocycles. The smallest absolute Gasteiger partial charge is 0.264 e.